The van der Waals surface area contributed by atoms with Gasteiger partial charge in [0.05, 0.1) is 0 Å². The molecular formula is C112H70B11BrO2. The monoisotopic (exact) mass is 1650 g/mol. The summed E-state index contributed by atoms with van der Waals surface area (Å²) in [6.45, 7) is 0. The lowest BCUT2D eigenvalue weighted by Gasteiger charge is -2.23. The van der Waals surface area contributed by atoms with Crippen molar-refractivity contribution in [1.29, 1.82) is 0 Å². The molecular weight excluding hydrogens is 1580 g/mol. The number of benzene rings is 24. The van der Waals surface area contributed by atoms with E-state index in [2.05, 4.69) is 398 Å². The molecule has 0 bridgehead atoms. The summed E-state index contributed by atoms with van der Waals surface area (Å²) in [7, 11) is 30.3. The molecule has 0 amide bonds. The highest BCUT2D eigenvalue weighted by molar-refractivity contribution is 9.10. The van der Waals surface area contributed by atoms with Crippen molar-refractivity contribution < 1.29 is 10.0 Å². The van der Waals surface area contributed by atoms with E-state index in [1.807, 2.05) is 30.3 Å². The zero-order valence-electron chi connectivity index (χ0n) is 68.9. The Hall–Kier alpha value is -13.4. The lowest BCUT2D eigenvalue weighted by atomic mass is 8.58. The topological polar surface area (TPSA) is 40.5 Å². The molecule has 2 nitrogen and oxygen atoms in total. The van der Waals surface area contributed by atoms with Crippen molar-refractivity contribution in [3.63, 3.8) is 0 Å². The summed E-state index contributed by atoms with van der Waals surface area (Å²) in [6.07, 6.45) is -2.44. The number of halogens is 1. The van der Waals surface area contributed by atoms with Crippen molar-refractivity contribution in [3.8, 4) is 55.6 Å². The Labute approximate surface area is 749 Å². The summed E-state index contributed by atoms with van der Waals surface area (Å²) in [4.78, 5) is 0. The molecule has 14 heteroatoms. The van der Waals surface area contributed by atoms with E-state index >= 15 is 0 Å². The third-order valence-corrected chi connectivity index (χ3v) is 26.4. The van der Waals surface area contributed by atoms with Gasteiger partial charge in [0.25, 0.3) is 0 Å². The van der Waals surface area contributed by atoms with Gasteiger partial charge in [-0.15, -0.1) is 0 Å². The van der Waals surface area contributed by atoms with Crippen LogP contribution in [0.2, 0.25) is 0 Å². The zero-order valence-corrected chi connectivity index (χ0v) is 70.5. The minimum absolute atomic E-state index is 0.444. The van der Waals surface area contributed by atoms with Gasteiger partial charge < -0.3 is 10.0 Å². The van der Waals surface area contributed by atoms with E-state index in [1.54, 1.807) is 0 Å². The molecule has 0 saturated heterocycles. The highest BCUT2D eigenvalue weighted by Gasteiger charge is 2.27. The van der Waals surface area contributed by atoms with E-state index in [-0.39, 0.29) is 0 Å². The van der Waals surface area contributed by atoms with Crippen molar-refractivity contribution in [2.75, 3.05) is 0 Å². The van der Waals surface area contributed by atoms with Gasteiger partial charge in [-0.2, -0.15) is 0 Å². The predicted octanol–water partition coefficient (Wildman–Crippen LogP) is 26.5. The van der Waals surface area contributed by atoms with Crippen LogP contribution in [0.5, 0.6) is 0 Å². The van der Waals surface area contributed by atoms with Crippen LogP contribution in [-0.2, 0) is 0 Å². The van der Waals surface area contributed by atoms with E-state index < -0.39 is 32.7 Å². The molecule has 0 spiro atoms. The molecule has 0 aliphatic carbocycles. The Bertz CT molecular complexity index is 8490. The molecule has 2 N–H and O–H groups in total. The first-order valence-electron chi connectivity index (χ1n) is 42.8. The van der Waals surface area contributed by atoms with Crippen LogP contribution in [0.4, 0.5) is 0 Å². The Morgan fingerprint density at radius 2 is 0.357 bits per heavy atom. The summed E-state index contributed by atoms with van der Waals surface area (Å²) >= 11 is 3.77. The molecule has 24 aromatic carbocycles. The van der Waals surface area contributed by atoms with Gasteiger partial charge in [-0.05, 0) is 258 Å². The summed E-state index contributed by atoms with van der Waals surface area (Å²) in [5, 5.41) is 60.1. The first-order chi connectivity index (χ1) is 61.8. The first kappa shape index (κ1) is 79.7. The number of hydrogen-bond acceptors (Lipinski definition) is 2. The molecule has 0 aliphatic heterocycles. The van der Waals surface area contributed by atoms with Crippen LogP contribution in [0.1, 0.15) is 0 Å². The molecule has 24 aromatic rings. The average Bonchev–Trinajstić information content (AvgIpc) is 0.717. The number of rotatable bonds is 9. The molecule has 0 saturated carbocycles. The SMILES string of the molecule is Brc1cc2c3ccccc3c3ccccc3c2c2ccccc12.OB(O)c1ccc(-c2ccc(-c3cc4ccccc4c4ccccc34)c3ccccc23)c2ccccc12.[B]B([B])B(B([B])[B])B([B])[B].c1ccc2c(c1)cc(-c1ccc(-c3ccc(-c4cc5c6ccccc6c6ccccc6c5c5ccccc45)c4ccccc34)c3ccccc13)c1ccccc12. The highest BCUT2D eigenvalue weighted by Crippen LogP contribution is 2.50. The van der Waals surface area contributed by atoms with E-state index in [0.29, 0.717) is 5.46 Å². The van der Waals surface area contributed by atoms with Crippen molar-refractivity contribution in [2.24, 2.45) is 0 Å². The van der Waals surface area contributed by atoms with Crippen molar-refractivity contribution in [1.82, 2.24) is 0 Å². The third kappa shape index (κ3) is 13.9. The Kier molecular flexibility index (Phi) is 21.2. The smallest absolute Gasteiger partial charge is 0.423 e. The van der Waals surface area contributed by atoms with Crippen LogP contribution in [0, 0.1) is 0 Å². The summed E-state index contributed by atoms with van der Waals surface area (Å²) < 4.78 is 1.15. The summed E-state index contributed by atoms with van der Waals surface area (Å²) in [5.74, 6) is 0. The van der Waals surface area contributed by atoms with Gasteiger partial charge in [-0.25, -0.2) is 0 Å². The Morgan fingerprint density at radius 1 is 0.167 bits per heavy atom. The van der Waals surface area contributed by atoms with E-state index in [4.69, 9.17) is 46.4 Å². The summed E-state index contributed by atoms with van der Waals surface area (Å²) in [5.41, 5.74) is 12.7. The fraction of sp³-hybridized carbons (Fsp3) is 0. The minimum Gasteiger partial charge on any atom is -0.423 e. The normalized spacial score (nSPS) is 11.5. The van der Waals surface area contributed by atoms with Crippen LogP contribution < -0.4 is 5.46 Å². The molecule has 12 radical (unpaired) electrons. The highest BCUT2D eigenvalue weighted by atomic mass is 79.9. The van der Waals surface area contributed by atoms with Gasteiger partial charge in [0, 0.05) is 76.4 Å². The fourth-order valence-electron chi connectivity index (χ4n) is 20.1. The number of fused-ring (bicyclic) bond motifs is 26. The van der Waals surface area contributed by atoms with Crippen LogP contribution in [-0.4, -0.2) is 89.1 Å². The third-order valence-electron chi connectivity index (χ3n) is 25.8. The minimum atomic E-state index is -1.51. The molecule has 0 aliphatic rings. The van der Waals surface area contributed by atoms with E-state index in [0.717, 1.165) is 26.4 Å². The molecule has 0 aromatic heterocycles. The van der Waals surface area contributed by atoms with Gasteiger partial charge in [-0.3, -0.25) is 0 Å². The molecule has 0 heterocycles. The Balaban J connectivity index is 0.000000118. The summed E-state index contributed by atoms with van der Waals surface area (Å²) in [6, 6.07) is 149. The van der Waals surface area contributed by atoms with Crippen LogP contribution >= 0.6 is 15.9 Å². The van der Waals surface area contributed by atoms with Gasteiger partial charge in [0.15, 0.2) is 0 Å². The first-order valence-corrected chi connectivity index (χ1v) is 43.6. The maximum Gasteiger partial charge on any atom is 0.489 e. The molecule has 24 rings (SSSR count). The van der Waals surface area contributed by atoms with Gasteiger partial charge in [-0.1, -0.05) is 404 Å². The van der Waals surface area contributed by atoms with E-state index in [9.17, 15) is 10.0 Å². The standard InChI is InChI=1S/C56H34.C34H23BO2.C22H13Br.B10/c1-2-16-36-35(15-1)33-53(44-24-9-3-17-37(36)44)49-31-29-47(38-18-4-6-20-40(38)49)48-30-32-50(41-21-7-5-19-39(41)48)54-34-55-45-25-10-8-22-42(45)43-23-11-13-27-51(43)56(55)52-28-14-12-26-46(52)54;36-35(37)34-20-19-30(27-14-7-8-16-32(27)34)29-17-18-31(26-13-5-4-12-25(26)29)33-21-22-9-1-2-10-23(22)24-11-3-6-15-28(24)33;23-21-13-20-16-9-2-1-7-14(16)15-8-3-5-11-18(15)22(20)19-12-6-4-10-17(19)21;1-7(2)10(8(3)4)9(5)6/h1-34H;1-21,36-37H;1-13H;. The van der Waals surface area contributed by atoms with Crippen molar-refractivity contribution >= 4 is 273 Å². The van der Waals surface area contributed by atoms with Crippen LogP contribution in [0.15, 0.2) is 417 Å². The molecule has 126 heavy (non-hydrogen) atoms. The van der Waals surface area contributed by atoms with Crippen molar-refractivity contribution in [3.05, 3.63) is 417 Å². The maximum atomic E-state index is 9.93. The second-order valence-electron chi connectivity index (χ2n) is 32.8. The predicted molar refractivity (Wildman–Crippen MR) is 562 cm³/mol. The largest absolute Gasteiger partial charge is 0.489 e. The van der Waals surface area contributed by atoms with Gasteiger partial charge in [0.2, 0.25) is 0 Å². The van der Waals surface area contributed by atoms with Crippen LogP contribution in [0.25, 0.3) is 228 Å². The second-order valence-corrected chi connectivity index (χ2v) is 33.7. The molecule has 0 atom stereocenters. The molecule has 570 valence electrons. The fourth-order valence-corrected chi connectivity index (χ4v) is 20.7. The zero-order chi connectivity index (χ0) is 85.4. The average molecular weight is 1650 g/mol. The van der Waals surface area contributed by atoms with Gasteiger partial charge >= 0.3 is 7.12 Å². The molecule has 0 unspecified atom stereocenters. The second kappa shape index (κ2) is 33.6. The lowest BCUT2D eigenvalue weighted by molar-refractivity contribution is 0.426. The quantitative estimate of drug-likeness (QED) is 0.112. The Morgan fingerprint density at radius 3 is 0.667 bits per heavy atom. The molecule has 0 fully saturated rings. The number of hydrogen-bond donors (Lipinski definition) is 2. The maximum absolute atomic E-state index is 9.93. The van der Waals surface area contributed by atoms with Gasteiger partial charge in [0.1, 0.15) is 0 Å². The van der Waals surface area contributed by atoms with Crippen molar-refractivity contribution in [2.45, 2.75) is 0 Å². The van der Waals surface area contributed by atoms with E-state index in [1.165, 1.54) is 206 Å². The van der Waals surface area contributed by atoms with Crippen LogP contribution in [0.3, 0.4) is 0 Å². The lowest BCUT2D eigenvalue weighted by Crippen LogP contribution is -2.62.